The third-order valence-corrected chi connectivity index (χ3v) is 4.61. The lowest BCUT2D eigenvalue weighted by molar-refractivity contribution is -0.121. The van der Waals surface area contributed by atoms with E-state index in [0.717, 1.165) is 12.3 Å². The van der Waals surface area contributed by atoms with Crippen molar-refractivity contribution in [3.8, 4) is 0 Å². The number of benzene rings is 1. The molecule has 1 aromatic heterocycles. The van der Waals surface area contributed by atoms with Crippen LogP contribution in [0.5, 0.6) is 0 Å². The van der Waals surface area contributed by atoms with E-state index < -0.39 is 0 Å². The highest BCUT2D eigenvalue weighted by Crippen LogP contribution is 2.28. The van der Waals surface area contributed by atoms with Gasteiger partial charge in [-0.25, -0.2) is 0 Å². The van der Waals surface area contributed by atoms with Crippen LogP contribution in [0, 0.1) is 10.7 Å². The molecule has 0 bridgehead atoms. The Morgan fingerprint density at radius 2 is 2.14 bits per heavy atom. The predicted octanol–water partition coefficient (Wildman–Crippen LogP) is 2.37. The molecule has 5 nitrogen and oxygen atoms in total. The third-order valence-electron chi connectivity index (χ3n) is 4.29. The normalized spacial score (nSPS) is 14.7. The summed E-state index contributed by atoms with van der Waals surface area (Å²) in [6.07, 6.45) is 4.86. The highest BCUT2D eigenvalue weighted by atomic mass is 32.1. The van der Waals surface area contributed by atoms with E-state index >= 15 is 0 Å². The quantitative estimate of drug-likeness (QED) is 0.832. The minimum Gasteiger partial charge on any atom is -0.355 e. The van der Waals surface area contributed by atoms with E-state index in [1.54, 1.807) is 18.2 Å². The largest absolute Gasteiger partial charge is 0.355 e. The van der Waals surface area contributed by atoms with E-state index in [1.165, 1.54) is 23.8 Å². The number of aromatic nitrogens is 2. The zero-order chi connectivity index (χ0) is 15.5. The molecule has 2 aromatic rings. The number of fused-ring (bicyclic) bond motifs is 1. The molecule has 22 heavy (non-hydrogen) atoms. The highest BCUT2D eigenvalue weighted by molar-refractivity contribution is 7.71. The van der Waals surface area contributed by atoms with Gasteiger partial charge in [0.05, 0.1) is 10.9 Å². The molecule has 1 aromatic carbocycles. The molecule has 0 spiro atoms. The van der Waals surface area contributed by atoms with Crippen LogP contribution in [0.25, 0.3) is 10.9 Å². The van der Waals surface area contributed by atoms with Crippen molar-refractivity contribution in [3.05, 3.63) is 39.4 Å². The van der Waals surface area contributed by atoms with Crippen molar-refractivity contribution in [2.45, 2.75) is 32.2 Å². The summed E-state index contributed by atoms with van der Waals surface area (Å²) in [4.78, 5) is 27.4. The number of amides is 1. The van der Waals surface area contributed by atoms with Crippen molar-refractivity contribution in [1.29, 1.82) is 0 Å². The number of nitrogens with one attached hydrogen (secondary N) is 2. The maximum atomic E-state index is 12.4. The molecular formula is C16H19N3O2S. The van der Waals surface area contributed by atoms with E-state index in [9.17, 15) is 9.59 Å². The molecule has 3 rings (SSSR count). The summed E-state index contributed by atoms with van der Waals surface area (Å²) in [5, 5.41) is 3.41. The smallest absolute Gasteiger partial charge is 0.262 e. The van der Waals surface area contributed by atoms with Gasteiger partial charge in [0.15, 0.2) is 4.77 Å². The van der Waals surface area contributed by atoms with Crippen LogP contribution in [0.15, 0.2) is 29.1 Å². The van der Waals surface area contributed by atoms with Crippen LogP contribution in [0.3, 0.4) is 0 Å². The van der Waals surface area contributed by atoms with Crippen molar-refractivity contribution in [2.24, 2.45) is 5.92 Å². The Morgan fingerprint density at radius 1 is 1.36 bits per heavy atom. The Kier molecular flexibility index (Phi) is 4.38. The van der Waals surface area contributed by atoms with Gasteiger partial charge in [0.1, 0.15) is 6.54 Å². The van der Waals surface area contributed by atoms with Crippen molar-refractivity contribution < 1.29 is 4.79 Å². The second kappa shape index (κ2) is 6.44. The summed E-state index contributed by atoms with van der Waals surface area (Å²) in [5.74, 6) is 0.586. The summed E-state index contributed by atoms with van der Waals surface area (Å²) in [6.45, 7) is 0.631. The molecule has 1 saturated carbocycles. The first-order valence-corrected chi connectivity index (χ1v) is 8.04. The van der Waals surface area contributed by atoms with Crippen LogP contribution in [0.2, 0.25) is 0 Å². The third kappa shape index (κ3) is 3.11. The Balaban J connectivity index is 1.71. The lowest BCUT2D eigenvalue weighted by Crippen LogP contribution is -2.34. The zero-order valence-electron chi connectivity index (χ0n) is 12.3. The van der Waals surface area contributed by atoms with Crippen LogP contribution >= 0.6 is 12.2 Å². The van der Waals surface area contributed by atoms with Crippen LogP contribution in [0.4, 0.5) is 0 Å². The summed E-state index contributed by atoms with van der Waals surface area (Å²) >= 11 is 5.19. The molecular weight excluding hydrogens is 298 g/mol. The number of carbonyl (C=O) groups excluding carboxylic acids is 1. The van der Waals surface area contributed by atoms with Crippen LogP contribution < -0.4 is 10.9 Å². The molecule has 0 aliphatic heterocycles. The second-order valence-corrected chi connectivity index (χ2v) is 6.19. The van der Waals surface area contributed by atoms with Gasteiger partial charge in [-0.2, -0.15) is 0 Å². The summed E-state index contributed by atoms with van der Waals surface area (Å²) in [5.41, 5.74) is 0.465. The Labute approximate surface area is 133 Å². The van der Waals surface area contributed by atoms with Gasteiger partial charge in [-0.15, -0.1) is 0 Å². The van der Waals surface area contributed by atoms with Crippen molar-refractivity contribution >= 4 is 29.0 Å². The maximum Gasteiger partial charge on any atom is 0.262 e. The van der Waals surface area contributed by atoms with Gasteiger partial charge in [0.2, 0.25) is 5.91 Å². The first-order chi connectivity index (χ1) is 10.6. The lowest BCUT2D eigenvalue weighted by Gasteiger charge is -2.25. The van der Waals surface area contributed by atoms with E-state index in [1.807, 2.05) is 6.07 Å². The molecule has 0 saturated heterocycles. The van der Waals surface area contributed by atoms with Crippen molar-refractivity contribution in [3.63, 3.8) is 0 Å². The molecule has 0 radical (unpaired) electrons. The number of hydrogen-bond acceptors (Lipinski definition) is 3. The first kappa shape index (κ1) is 15.0. The number of rotatable bonds is 5. The average molecular weight is 317 g/mol. The number of nitrogens with zero attached hydrogens (tertiary/aromatic N) is 1. The summed E-state index contributed by atoms with van der Waals surface area (Å²) in [6, 6.07) is 7.16. The first-order valence-electron chi connectivity index (χ1n) is 7.64. The monoisotopic (exact) mass is 317 g/mol. The molecule has 116 valence electrons. The zero-order valence-corrected chi connectivity index (χ0v) is 13.1. The van der Waals surface area contributed by atoms with Gasteiger partial charge in [-0.3, -0.25) is 14.2 Å². The van der Waals surface area contributed by atoms with Gasteiger partial charge in [0.25, 0.3) is 5.56 Å². The second-order valence-electron chi connectivity index (χ2n) is 5.80. The molecule has 1 fully saturated rings. The standard InChI is InChI=1S/C16H19N3O2S/c20-14(17-9-8-11-4-3-5-11)10-19-15(21)12-6-1-2-7-13(12)18-16(19)22/h1-2,6-7,11H,3-5,8-10H2,(H,17,20)(H,18,22). The molecule has 0 atom stereocenters. The molecule has 6 heteroatoms. The van der Waals surface area contributed by atoms with E-state index in [2.05, 4.69) is 10.3 Å². The fraction of sp³-hybridized carbons (Fsp3) is 0.438. The lowest BCUT2D eigenvalue weighted by atomic mass is 9.83. The van der Waals surface area contributed by atoms with Gasteiger partial charge in [-0.05, 0) is 36.7 Å². The van der Waals surface area contributed by atoms with Gasteiger partial charge in [0, 0.05) is 6.54 Å². The number of H-pyrrole nitrogens is 1. The molecule has 1 amide bonds. The van der Waals surface area contributed by atoms with Crippen molar-refractivity contribution in [1.82, 2.24) is 14.9 Å². The predicted molar refractivity (Wildman–Crippen MR) is 88.4 cm³/mol. The van der Waals surface area contributed by atoms with Gasteiger partial charge < -0.3 is 10.3 Å². The van der Waals surface area contributed by atoms with E-state index in [4.69, 9.17) is 12.2 Å². The Bertz CT molecular complexity index is 805. The average Bonchev–Trinajstić information content (AvgIpc) is 2.46. The maximum absolute atomic E-state index is 12.4. The van der Waals surface area contributed by atoms with Gasteiger partial charge >= 0.3 is 0 Å². The Hall–Kier alpha value is -1.95. The number of para-hydroxylation sites is 1. The molecule has 1 aliphatic rings. The van der Waals surface area contributed by atoms with Crippen LogP contribution in [0.1, 0.15) is 25.7 Å². The van der Waals surface area contributed by atoms with E-state index in [-0.39, 0.29) is 22.8 Å². The van der Waals surface area contributed by atoms with E-state index in [0.29, 0.717) is 17.4 Å². The topological polar surface area (TPSA) is 66.9 Å². The van der Waals surface area contributed by atoms with Gasteiger partial charge in [-0.1, -0.05) is 31.4 Å². The molecule has 1 aliphatic carbocycles. The minimum absolute atomic E-state index is 0.0380. The SMILES string of the molecule is O=C(Cn1c(=S)[nH]c2ccccc2c1=O)NCCC1CCC1. The number of carbonyl (C=O) groups is 1. The number of hydrogen-bond donors (Lipinski definition) is 2. The van der Waals surface area contributed by atoms with Crippen molar-refractivity contribution in [2.75, 3.05) is 6.54 Å². The minimum atomic E-state index is -0.228. The fourth-order valence-corrected chi connectivity index (χ4v) is 3.00. The molecule has 1 heterocycles. The Morgan fingerprint density at radius 3 is 2.86 bits per heavy atom. The highest BCUT2D eigenvalue weighted by Gasteiger charge is 2.17. The fourth-order valence-electron chi connectivity index (χ4n) is 2.74. The summed E-state index contributed by atoms with van der Waals surface area (Å²) in [7, 11) is 0. The molecule has 2 N–H and O–H groups in total. The van der Waals surface area contributed by atoms with Crippen LogP contribution in [-0.2, 0) is 11.3 Å². The number of aromatic amines is 1. The summed E-state index contributed by atoms with van der Waals surface area (Å²) < 4.78 is 1.59. The molecule has 0 unspecified atom stereocenters. The van der Waals surface area contributed by atoms with Crippen LogP contribution in [-0.4, -0.2) is 22.0 Å².